The molecule has 0 bridgehead atoms. The number of Topliss-reactive ketones (excluding diaryl/α,β-unsaturated/α-hetero) is 2. The first-order valence-electron chi connectivity index (χ1n) is 5.96. The van der Waals surface area contributed by atoms with Crippen LogP contribution in [0.25, 0.3) is 0 Å². The zero-order valence-electron chi connectivity index (χ0n) is 10.6. The first-order valence-corrected chi connectivity index (χ1v) is 5.96. The minimum absolute atomic E-state index is 0.265. The normalized spacial score (nSPS) is 21.4. The highest BCUT2D eigenvalue weighted by Crippen LogP contribution is 2.41. The molecule has 0 aromatic heterocycles. The molecular formula is C15H15NO2. The molecule has 3 nitrogen and oxygen atoms in total. The zero-order valence-corrected chi connectivity index (χ0v) is 10.6. The maximum atomic E-state index is 12.3. The van der Waals surface area contributed by atoms with Crippen molar-refractivity contribution in [2.24, 2.45) is 5.41 Å². The van der Waals surface area contributed by atoms with Gasteiger partial charge in [-0.2, -0.15) is 5.26 Å². The third-order valence-electron chi connectivity index (χ3n) is 3.49. The van der Waals surface area contributed by atoms with Crippen LogP contribution < -0.4 is 0 Å². The van der Waals surface area contributed by atoms with Crippen molar-refractivity contribution >= 4 is 11.6 Å². The van der Waals surface area contributed by atoms with Crippen LogP contribution in [0.5, 0.6) is 0 Å². The smallest absolute Gasteiger partial charge is 0.198 e. The number of rotatable bonds is 1. The highest BCUT2D eigenvalue weighted by Gasteiger charge is 2.53. The number of ketones is 2. The molecule has 1 fully saturated rings. The predicted octanol–water partition coefficient (Wildman–Crippen LogP) is 2.41. The Morgan fingerprint density at radius 3 is 2.00 bits per heavy atom. The van der Waals surface area contributed by atoms with E-state index in [1.807, 2.05) is 19.9 Å². The van der Waals surface area contributed by atoms with E-state index >= 15 is 0 Å². The molecule has 0 unspecified atom stereocenters. The van der Waals surface area contributed by atoms with E-state index in [1.54, 1.807) is 30.3 Å². The highest BCUT2D eigenvalue weighted by molar-refractivity contribution is 6.17. The van der Waals surface area contributed by atoms with Gasteiger partial charge >= 0.3 is 0 Å². The Kier molecular flexibility index (Phi) is 2.82. The van der Waals surface area contributed by atoms with Gasteiger partial charge in [-0.05, 0) is 11.0 Å². The third kappa shape index (κ3) is 1.74. The molecule has 92 valence electrons. The van der Waals surface area contributed by atoms with E-state index in [4.69, 9.17) is 0 Å². The van der Waals surface area contributed by atoms with Crippen LogP contribution >= 0.6 is 0 Å². The Morgan fingerprint density at radius 1 is 1.06 bits per heavy atom. The van der Waals surface area contributed by atoms with Crippen LogP contribution in [0.1, 0.15) is 32.3 Å². The number of carbonyl (C=O) groups excluding carboxylic acids is 2. The van der Waals surface area contributed by atoms with Gasteiger partial charge in [-0.15, -0.1) is 0 Å². The molecule has 1 aromatic carbocycles. The molecule has 1 aliphatic carbocycles. The fraction of sp³-hybridized carbons (Fsp3) is 0.400. The van der Waals surface area contributed by atoms with Crippen LogP contribution in [0.3, 0.4) is 0 Å². The van der Waals surface area contributed by atoms with Crippen molar-refractivity contribution in [2.45, 2.75) is 32.1 Å². The molecular weight excluding hydrogens is 226 g/mol. The van der Waals surface area contributed by atoms with E-state index < -0.39 is 5.41 Å². The summed E-state index contributed by atoms with van der Waals surface area (Å²) >= 11 is 0. The molecule has 3 heteroatoms. The number of benzene rings is 1. The van der Waals surface area contributed by atoms with E-state index in [0.717, 1.165) is 0 Å². The SMILES string of the molecule is CC1(C)CC(=O)C(C#N)(c2ccccc2)C(=O)C1. The first-order chi connectivity index (χ1) is 8.42. The Hall–Kier alpha value is -1.95. The fourth-order valence-electron chi connectivity index (χ4n) is 2.55. The van der Waals surface area contributed by atoms with Gasteiger partial charge in [0.25, 0.3) is 0 Å². The van der Waals surface area contributed by atoms with Crippen molar-refractivity contribution in [1.82, 2.24) is 0 Å². The van der Waals surface area contributed by atoms with Gasteiger partial charge in [-0.3, -0.25) is 9.59 Å². The van der Waals surface area contributed by atoms with Gasteiger partial charge in [0.1, 0.15) is 0 Å². The molecule has 1 saturated carbocycles. The van der Waals surface area contributed by atoms with Gasteiger partial charge in [0.15, 0.2) is 17.0 Å². The van der Waals surface area contributed by atoms with Gasteiger partial charge in [0.2, 0.25) is 0 Å². The zero-order chi connectivity index (χ0) is 13.4. The quantitative estimate of drug-likeness (QED) is 0.709. The summed E-state index contributed by atoms with van der Waals surface area (Å²) in [4.78, 5) is 24.7. The molecule has 1 aromatic rings. The van der Waals surface area contributed by atoms with Crippen LogP contribution in [0, 0.1) is 16.7 Å². The van der Waals surface area contributed by atoms with Gasteiger partial charge in [0.05, 0.1) is 6.07 Å². The van der Waals surface area contributed by atoms with Gasteiger partial charge in [-0.25, -0.2) is 0 Å². The van der Waals surface area contributed by atoms with Crippen LogP contribution in [0.15, 0.2) is 30.3 Å². The minimum atomic E-state index is -1.59. The summed E-state index contributed by atoms with van der Waals surface area (Å²) in [7, 11) is 0. The lowest BCUT2D eigenvalue weighted by molar-refractivity contribution is -0.139. The number of nitrogens with zero attached hydrogens (tertiary/aromatic N) is 1. The second-order valence-electron chi connectivity index (χ2n) is 5.59. The van der Waals surface area contributed by atoms with Crippen molar-refractivity contribution in [2.75, 3.05) is 0 Å². The molecule has 0 spiro atoms. The Morgan fingerprint density at radius 2 is 1.56 bits per heavy atom. The van der Waals surface area contributed by atoms with E-state index in [2.05, 4.69) is 0 Å². The molecule has 2 rings (SSSR count). The van der Waals surface area contributed by atoms with E-state index in [0.29, 0.717) is 5.56 Å². The van der Waals surface area contributed by atoms with Gasteiger partial charge < -0.3 is 0 Å². The van der Waals surface area contributed by atoms with Crippen molar-refractivity contribution in [3.63, 3.8) is 0 Å². The third-order valence-corrected chi connectivity index (χ3v) is 3.49. The van der Waals surface area contributed by atoms with Crippen LogP contribution in [-0.2, 0) is 15.0 Å². The molecule has 0 amide bonds. The lowest BCUT2D eigenvalue weighted by Gasteiger charge is -2.36. The number of carbonyl (C=O) groups is 2. The number of hydrogen-bond acceptors (Lipinski definition) is 3. The first kappa shape index (κ1) is 12.5. The molecule has 0 saturated heterocycles. The predicted molar refractivity (Wildman–Crippen MR) is 66.8 cm³/mol. The Labute approximate surface area is 106 Å². The second kappa shape index (κ2) is 4.06. The molecule has 1 aliphatic rings. The number of hydrogen-bond donors (Lipinski definition) is 0. The standard InChI is InChI=1S/C15H15NO2/c1-14(2)8-12(17)15(10-16,13(18)9-14)11-6-4-3-5-7-11/h3-7H,8-9H2,1-2H3. The minimum Gasteiger partial charge on any atom is -0.297 e. The lowest BCUT2D eigenvalue weighted by atomic mass is 9.61. The fourth-order valence-corrected chi connectivity index (χ4v) is 2.55. The topological polar surface area (TPSA) is 57.9 Å². The molecule has 0 atom stereocenters. The Balaban J connectivity index is 2.56. The summed E-state index contributed by atoms with van der Waals surface area (Å²) in [5.74, 6) is -0.560. The van der Waals surface area contributed by atoms with Crippen LogP contribution in [0.2, 0.25) is 0 Å². The summed E-state index contributed by atoms with van der Waals surface area (Å²) in [6.07, 6.45) is 0.530. The molecule has 18 heavy (non-hydrogen) atoms. The average Bonchev–Trinajstić information content (AvgIpc) is 2.29. The molecule has 0 aliphatic heterocycles. The lowest BCUT2D eigenvalue weighted by Crippen LogP contribution is -2.50. The summed E-state index contributed by atoms with van der Waals surface area (Å²) in [5, 5.41) is 9.41. The summed E-state index contributed by atoms with van der Waals surface area (Å²) in [6.45, 7) is 3.77. The summed E-state index contributed by atoms with van der Waals surface area (Å²) in [6, 6.07) is 10.6. The largest absolute Gasteiger partial charge is 0.297 e. The second-order valence-corrected chi connectivity index (χ2v) is 5.59. The van der Waals surface area contributed by atoms with E-state index in [9.17, 15) is 14.9 Å². The van der Waals surface area contributed by atoms with E-state index in [-0.39, 0.29) is 29.8 Å². The maximum Gasteiger partial charge on any atom is 0.198 e. The van der Waals surface area contributed by atoms with Crippen molar-refractivity contribution in [1.29, 1.82) is 5.26 Å². The molecule has 0 N–H and O–H groups in total. The van der Waals surface area contributed by atoms with Gasteiger partial charge in [0, 0.05) is 12.8 Å². The van der Waals surface area contributed by atoms with Crippen molar-refractivity contribution in [3.05, 3.63) is 35.9 Å². The average molecular weight is 241 g/mol. The Bertz CT molecular complexity index is 517. The number of nitriles is 1. The van der Waals surface area contributed by atoms with Crippen molar-refractivity contribution < 1.29 is 9.59 Å². The van der Waals surface area contributed by atoms with Crippen LogP contribution in [-0.4, -0.2) is 11.6 Å². The maximum absolute atomic E-state index is 12.3. The van der Waals surface area contributed by atoms with Crippen LogP contribution in [0.4, 0.5) is 0 Å². The monoisotopic (exact) mass is 241 g/mol. The highest BCUT2D eigenvalue weighted by atomic mass is 16.2. The van der Waals surface area contributed by atoms with Gasteiger partial charge in [-0.1, -0.05) is 44.2 Å². The van der Waals surface area contributed by atoms with E-state index in [1.165, 1.54) is 0 Å². The van der Waals surface area contributed by atoms with Crippen molar-refractivity contribution in [3.8, 4) is 6.07 Å². The molecule has 0 heterocycles. The molecule has 0 radical (unpaired) electrons. The summed E-state index contributed by atoms with van der Waals surface area (Å²) < 4.78 is 0. The summed E-state index contributed by atoms with van der Waals surface area (Å²) in [5.41, 5.74) is -1.43.